The van der Waals surface area contributed by atoms with Crippen molar-refractivity contribution in [2.45, 2.75) is 19.4 Å². The quantitative estimate of drug-likeness (QED) is 0.698. The minimum atomic E-state index is 0.0474. The Morgan fingerprint density at radius 3 is 2.69 bits per heavy atom. The van der Waals surface area contributed by atoms with E-state index in [0.29, 0.717) is 5.75 Å². The molecule has 0 fully saturated rings. The highest BCUT2D eigenvalue weighted by atomic mass is 16.6. The van der Waals surface area contributed by atoms with E-state index in [4.69, 9.17) is 4.84 Å². The Morgan fingerprint density at radius 2 is 2.15 bits per heavy atom. The van der Waals surface area contributed by atoms with Crippen LogP contribution < -0.4 is 5.48 Å². The molecule has 72 valence electrons. The number of phenolic OH excluding ortho intramolecular Hbond substituents is 1. The van der Waals surface area contributed by atoms with Gasteiger partial charge in [0.05, 0.1) is 13.2 Å². The van der Waals surface area contributed by atoms with Gasteiger partial charge >= 0.3 is 0 Å². The van der Waals surface area contributed by atoms with Gasteiger partial charge in [-0.1, -0.05) is 25.1 Å². The lowest BCUT2D eigenvalue weighted by Crippen LogP contribution is -2.19. The molecular formula is C10H15NO2. The summed E-state index contributed by atoms with van der Waals surface area (Å²) in [5, 5.41) is 9.54. The van der Waals surface area contributed by atoms with Crippen LogP contribution >= 0.6 is 0 Å². The summed E-state index contributed by atoms with van der Waals surface area (Å²) in [6.45, 7) is 2.03. The first kappa shape index (κ1) is 10.0. The summed E-state index contributed by atoms with van der Waals surface area (Å²) in [4.78, 5) is 4.84. The van der Waals surface area contributed by atoms with E-state index < -0.39 is 0 Å². The van der Waals surface area contributed by atoms with Gasteiger partial charge in [0.2, 0.25) is 0 Å². The lowest BCUT2D eigenvalue weighted by atomic mass is 10.0. The summed E-state index contributed by atoms with van der Waals surface area (Å²) >= 11 is 0. The molecule has 1 unspecified atom stereocenters. The highest BCUT2D eigenvalue weighted by Gasteiger charge is 2.11. The SMILES string of the molecule is CCC(NOC)c1ccccc1O. The maximum absolute atomic E-state index is 9.54. The van der Waals surface area contributed by atoms with Gasteiger partial charge in [-0.3, -0.25) is 0 Å². The molecule has 0 aliphatic carbocycles. The van der Waals surface area contributed by atoms with Crippen LogP contribution in [0.1, 0.15) is 24.9 Å². The normalized spacial score (nSPS) is 12.8. The Hall–Kier alpha value is -1.06. The van der Waals surface area contributed by atoms with Crippen LogP contribution in [0.15, 0.2) is 24.3 Å². The topological polar surface area (TPSA) is 41.5 Å². The van der Waals surface area contributed by atoms with Crippen molar-refractivity contribution in [2.24, 2.45) is 0 Å². The van der Waals surface area contributed by atoms with Crippen LogP contribution in [0.2, 0.25) is 0 Å². The van der Waals surface area contributed by atoms with Gasteiger partial charge in [-0.2, -0.15) is 5.48 Å². The summed E-state index contributed by atoms with van der Waals surface area (Å²) < 4.78 is 0. The second kappa shape index (κ2) is 4.84. The molecule has 0 amide bonds. The van der Waals surface area contributed by atoms with Crippen molar-refractivity contribution < 1.29 is 9.94 Å². The van der Waals surface area contributed by atoms with E-state index in [0.717, 1.165) is 12.0 Å². The van der Waals surface area contributed by atoms with Crippen molar-refractivity contribution in [1.82, 2.24) is 5.48 Å². The van der Waals surface area contributed by atoms with Crippen LogP contribution in [-0.4, -0.2) is 12.2 Å². The molecule has 1 rings (SSSR count). The van der Waals surface area contributed by atoms with Gasteiger partial charge in [0, 0.05) is 5.56 Å². The summed E-state index contributed by atoms with van der Waals surface area (Å²) in [6.07, 6.45) is 0.866. The third-order valence-corrected chi connectivity index (χ3v) is 1.98. The van der Waals surface area contributed by atoms with Crippen molar-refractivity contribution in [2.75, 3.05) is 7.11 Å². The third-order valence-electron chi connectivity index (χ3n) is 1.98. The largest absolute Gasteiger partial charge is 0.508 e. The average Bonchev–Trinajstić information content (AvgIpc) is 2.16. The average molecular weight is 181 g/mol. The first-order valence-corrected chi connectivity index (χ1v) is 4.36. The highest BCUT2D eigenvalue weighted by Crippen LogP contribution is 2.25. The maximum atomic E-state index is 9.54. The fourth-order valence-corrected chi connectivity index (χ4v) is 1.29. The molecule has 3 nitrogen and oxygen atoms in total. The summed E-state index contributed by atoms with van der Waals surface area (Å²) in [6, 6.07) is 7.31. The van der Waals surface area contributed by atoms with Crippen LogP contribution in [0.4, 0.5) is 0 Å². The van der Waals surface area contributed by atoms with Crippen molar-refractivity contribution in [3.8, 4) is 5.75 Å². The third kappa shape index (κ3) is 2.44. The second-order valence-corrected chi connectivity index (χ2v) is 2.84. The molecule has 1 atom stereocenters. The van der Waals surface area contributed by atoms with Gasteiger partial charge in [-0.05, 0) is 12.5 Å². The molecule has 0 heterocycles. The van der Waals surface area contributed by atoms with Crippen molar-refractivity contribution in [1.29, 1.82) is 0 Å². The lowest BCUT2D eigenvalue weighted by Gasteiger charge is -2.16. The lowest BCUT2D eigenvalue weighted by molar-refractivity contribution is 0.0585. The zero-order valence-corrected chi connectivity index (χ0v) is 7.95. The molecule has 0 saturated carbocycles. The molecule has 13 heavy (non-hydrogen) atoms. The zero-order valence-electron chi connectivity index (χ0n) is 7.95. The fourth-order valence-electron chi connectivity index (χ4n) is 1.29. The van der Waals surface area contributed by atoms with Crippen LogP contribution in [0, 0.1) is 0 Å². The van der Waals surface area contributed by atoms with Gasteiger partial charge in [0.1, 0.15) is 5.75 Å². The molecule has 0 aliphatic rings. The molecule has 2 N–H and O–H groups in total. The van der Waals surface area contributed by atoms with E-state index in [1.165, 1.54) is 0 Å². The Balaban J connectivity index is 2.84. The van der Waals surface area contributed by atoms with E-state index >= 15 is 0 Å². The Morgan fingerprint density at radius 1 is 1.46 bits per heavy atom. The van der Waals surface area contributed by atoms with Crippen molar-refractivity contribution in [3.05, 3.63) is 29.8 Å². The number of hydroxylamine groups is 1. The molecule has 3 heteroatoms. The molecule has 0 spiro atoms. The molecule has 0 aliphatic heterocycles. The number of benzene rings is 1. The highest BCUT2D eigenvalue weighted by molar-refractivity contribution is 5.34. The van der Waals surface area contributed by atoms with Gasteiger partial charge in [-0.25, -0.2) is 0 Å². The summed E-state index contributed by atoms with van der Waals surface area (Å²) in [5.41, 5.74) is 3.70. The Bertz CT molecular complexity index is 263. The number of phenols is 1. The molecule has 0 radical (unpaired) electrons. The van der Waals surface area contributed by atoms with Gasteiger partial charge in [0.15, 0.2) is 0 Å². The standard InChI is InChI=1S/C10H15NO2/c1-3-9(11-13-2)8-6-4-5-7-10(8)12/h4-7,9,11-12H,3H2,1-2H3. The molecule has 1 aromatic rings. The Kier molecular flexibility index (Phi) is 3.73. The number of rotatable bonds is 4. The molecule has 1 aromatic carbocycles. The van der Waals surface area contributed by atoms with Crippen LogP contribution in [0.3, 0.4) is 0 Å². The molecular weight excluding hydrogens is 166 g/mol. The fraction of sp³-hybridized carbons (Fsp3) is 0.400. The van der Waals surface area contributed by atoms with Crippen LogP contribution in [0.25, 0.3) is 0 Å². The number of para-hydroxylation sites is 1. The molecule has 0 bridgehead atoms. The van der Waals surface area contributed by atoms with Crippen molar-refractivity contribution >= 4 is 0 Å². The van der Waals surface area contributed by atoms with Crippen LogP contribution in [-0.2, 0) is 4.84 Å². The molecule has 0 aromatic heterocycles. The van der Waals surface area contributed by atoms with Gasteiger partial charge < -0.3 is 9.94 Å². The van der Waals surface area contributed by atoms with E-state index in [2.05, 4.69) is 5.48 Å². The predicted octanol–water partition coefficient (Wildman–Crippen LogP) is 1.99. The number of hydrogen-bond donors (Lipinski definition) is 2. The first-order chi connectivity index (χ1) is 6.29. The van der Waals surface area contributed by atoms with E-state index in [1.807, 2.05) is 19.1 Å². The van der Waals surface area contributed by atoms with E-state index in [9.17, 15) is 5.11 Å². The van der Waals surface area contributed by atoms with Gasteiger partial charge in [-0.15, -0.1) is 0 Å². The number of nitrogens with one attached hydrogen (secondary N) is 1. The minimum Gasteiger partial charge on any atom is -0.508 e. The zero-order chi connectivity index (χ0) is 9.68. The van der Waals surface area contributed by atoms with Crippen molar-refractivity contribution in [3.63, 3.8) is 0 Å². The number of aromatic hydroxyl groups is 1. The first-order valence-electron chi connectivity index (χ1n) is 4.36. The summed E-state index contributed by atoms with van der Waals surface area (Å²) in [7, 11) is 1.57. The molecule has 0 saturated heterocycles. The minimum absolute atomic E-state index is 0.0474. The predicted molar refractivity (Wildman–Crippen MR) is 51.3 cm³/mol. The summed E-state index contributed by atoms with van der Waals surface area (Å²) in [5.74, 6) is 0.305. The second-order valence-electron chi connectivity index (χ2n) is 2.84. The van der Waals surface area contributed by atoms with E-state index in [-0.39, 0.29) is 6.04 Å². The Labute approximate surface area is 78.3 Å². The van der Waals surface area contributed by atoms with Crippen LogP contribution in [0.5, 0.6) is 5.75 Å². The monoisotopic (exact) mass is 181 g/mol. The maximum Gasteiger partial charge on any atom is 0.120 e. The van der Waals surface area contributed by atoms with E-state index in [1.54, 1.807) is 19.2 Å². The smallest absolute Gasteiger partial charge is 0.120 e. The number of hydrogen-bond acceptors (Lipinski definition) is 3. The van der Waals surface area contributed by atoms with Gasteiger partial charge in [0.25, 0.3) is 0 Å².